The summed E-state index contributed by atoms with van der Waals surface area (Å²) in [5.41, 5.74) is 7.66. The second-order valence-electron chi connectivity index (χ2n) is 3.76. The van der Waals surface area contributed by atoms with Crippen molar-refractivity contribution in [1.29, 1.82) is 5.26 Å². The van der Waals surface area contributed by atoms with E-state index >= 15 is 0 Å². The van der Waals surface area contributed by atoms with Crippen molar-refractivity contribution in [1.82, 2.24) is 0 Å². The standard InChI is InChI=1S/C13H15N3O/c1-3-4-11(15)13(17)16-12-7-10(8-14)6-5-9(12)2/h3,5-7,11H,1,4,15H2,2H3,(H,16,17). The lowest BCUT2D eigenvalue weighted by atomic mass is 10.1. The number of hydrogen-bond donors (Lipinski definition) is 2. The van der Waals surface area contributed by atoms with Crippen LogP contribution in [0.1, 0.15) is 17.5 Å². The average Bonchev–Trinajstić information content (AvgIpc) is 2.32. The summed E-state index contributed by atoms with van der Waals surface area (Å²) in [6, 6.07) is 6.53. The number of anilines is 1. The summed E-state index contributed by atoms with van der Waals surface area (Å²) in [7, 11) is 0. The molecule has 0 aliphatic heterocycles. The Kier molecular flexibility index (Phi) is 4.44. The van der Waals surface area contributed by atoms with Crippen LogP contribution in [0.5, 0.6) is 0 Å². The predicted octanol–water partition coefficient (Wildman–Crippen LogP) is 1.71. The van der Waals surface area contributed by atoms with Gasteiger partial charge in [-0.2, -0.15) is 5.26 Å². The lowest BCUT2D eigenvalue weighted by molar-refractivity contribution is -0.117. The first-order valence-corrected chi connectivity index (χ1v) is 5.26. The summed E-state index contributed by atoms with van der Waals surface area (Å²) < 4.78 is 0. The number of carbonyl (C=O) groups is 1. The van der Waals surface area contributed by atoms with Gasteiger partial charge in [-0.05, 0) is 31.0 Å². The molecule has 4 nitrogen and oxygen atoms in total. The van der Waals surface area contributed by atoms with Crippen LogP contribution < -0.4 is 11.1 Å². The van der Waals surface area contributed by atoms with Gasteiger partial charge in [-0.15, -0.1) is 6.58 Å². The molecule has 3 N–H and O–H groups in total. The smallest absolute Gasteiger partial charge is 0.241 e. The molecule has 0 saturated carbocycles. The van der Waals surface area contributed by atoms with Crippen LogP contribution in [0, 0.1) is 18.3 Å². The van der Waals surface area contributed by atoms with E-state index in [-0.39, 0.29) is 5.91 Å². The van der Waals surface area contributed by atoms with Gasteiger partial charge < -0.3 is 11.1 Å². The van der Waals surface area contributed by atoms with Crippen LogP contribution in [0.4, 0.5) is 5.69 Å². The zero-order valence-corrected chi connectivity index (χ0v) is 9.73. The summed E-state index contributed by atoms with van der Waals surface area (Å²) in [5, 5.41) is 11.5. The van der Waals surface area contributed by atoms with Crippen molar-refractivity contribution in [3.8, 4) is 6.07 Å². The van der Waals surface area contributed by atoms with E-state index in [9.17, 15) is 4.79 Å². The SMILES string of the molecule is C=CCC(N)C(=O)Nc1cc(C#N)ccc1C. The average molecular weight is 229 g/mol. The van der Waals surface area contributed by atoms with E-state index in [1.807, 2.05) is 13.0 Å². The number of carbonyl (C=O) groups excluding carboxylic acids is 1. The molecule has 0 saturated heterocycles. The van der Waals surface area contributed by atoms with Gasteiger partial charge >= 0.3 is 0 Å². The van der Waals surface area contributed by atoms with E-state index in [1.54, 1.807) is 24.3 Å². The van der Waals surface area contributed by atoms with Crippen LogP contribution in [-0.4, -0.2) is 11.9 Å². The Morgan fingerprint density at radius 2 is 2.41 bits per heavy atom. The molecule has 0 spiro atoms. The fraction of sp³-hybridized carbons (Fsp3) is 0.231. The van der Waals surface area contributed by atoms with Gasteiger partial charge in [0, 0.05) is 5.69 Å². The maximum atomic E-state index is 11.7. The molecule has 0 radical (unpaired) electrons. The first-order valence-electron chi connectivity index (χ1n) is 5.26. The number of nitrogens with one attached hydrogen (secondary N) is 1. The van der Waals surface area contributed by atoms with E-state index in [0.717, 1.165) is 5.56 Å². The quantitative estimate of drug-likeness (QED) is 0.771. The van der Waals surface area contributed by atoms with E-state index < -0.39 is 6.04 Å². The highest BCUT2D eigenvalue weighted by Crippen LogP contribution is 2.16. The summed E-state index contributed by atoms with van der Waals surface area (Å²) in [6.07, 6.45) is 2.02. The zero-order chi connectivity index (χ0) is 12.8. The summed E-state index contributed by atoms with van der Waals surface area (Å²) >= 11 is 0. The zero-order valence-electron chi connectivity index (χ0n) is 9.73. The Labute approximate surface area is 101 Å². The highest BCUT2D eigenvalue weighted by molar-refractivity contribution is 5.95. The second kappa shape index (κ2) is 5.83. The molecule has 88 valence electrons. The van der Waals surface area contributed by atoms with Gasteiger partial charge in [0.1, 0.15) is 0 Å². The second-order valence-corrected chi connectivity index (χ2v) is 3.76. The maximum Gasteiger partial charge on any atom is 0.241 e. The first-order chi connectivity index (χ1) is 8.08. The van der Waals surface area contributed by atoms with E-state index in [1.165, 1.54) is 0 Å². The fourth-order valence-electron chi connectivity index (χ4n) is 1.34. The molecule has 0 aromatic heterocycles. The predicted molar refractivity (Wildman–Crippen MR) is 67.3 cm³/mol. The van der Waals surface area contributed by atoms with Gasteiger partial charge in [-0.25, -0.2) is 0 Å². The molecule has 1 unspecified atom stereocenters. The van der Waals surface area contributed by atoms with Gasteiger partial charge in [-0.3, -0.25) is 4.79 Å². The maximum absolute atomic E-state index is 11.7. The Morgan fingerprint density at radius 3 is 3.00 bits per heavy atom. The van der Waals surface area contributed by atoms with Crippen LogP contribution in [0.2, 0.25) is 0 Å². The molecule has 0 aliphatic carbocycles. The molecule has 0 fully saturated rings. The lowest BCUT2D eigenvalue weighted by Crippen LogP contribution is -2.35. The van der Waals surface area contributed by atoms with Crippen molar-refractivity contribution in [3.05, 3.63) is 42.0 Å². The third-order valence-corrected chi connectivity index (χ3v) is 2.38. The van der Waals surface area contributed by atoms with E-state index in [2.05, 4.69) is 11.9 Å². The number of hydrogen-bond acceptors (Lipinski definition) is 3. The number of nitriles is 1. The molecule has 0 aliphatic rings. The number of aryl methyl sites for hydroxylation is 1. The number of nitrogens with zero attached hydrogens (tertiary/aromatic N) is 1. The van der Waals surface area contributed by atoms with E-state index in [4.69, 9.17) is 11.0 Å². The van der Waals surface area contributed by atoms with Crippen molar-refractivity contribution in [2.75, 3.05) is 5.32 Å². The van der Waals surface area contributed by atoms with Crippen LogP contribution in [0.15, 0.2) is 30.9 Å². The topological polar surface area (TPSA) is 78.9 Å². The summed E-state index contributed by atoms with van der Waals surface area (Å²) in [6.45, 7) is 5.39. The molecule has 1 aromatic rings. The number of rotatable bonds is 4. The molecule has 0 heterocycles. The van der Waals surface area contributed by atoms with Gasteiger partial charge in [0.25, 0.3) is 0 Å². The van der Waals surface area contributed by atoms with E-state index in [0.29, 0.717) is 17.7 Å². The largest absolute Gasteiger partial charge is 0.324 e. The highest BCUT2D eigenvalue weighted by Gasteiger charge is 2.12. The minimum Gasteiger partial charge on any atom is -0.324 e. The monoisotopic (exact) mass is 229 g/mol. The van der Waals surface area contributed by atoms with Crippen LogP contribution in [-0.2, 0) is 4.79 Å². The van der Waals surface area contributed by atoms with Gasteiger partial charge in [0.2, 0.25) is 5.91 Å². The molecule has 17 heavy (non-hydrogen) atoms. The molecule has 1 atom stereocenters. The molecular formula is C13H15N3O. The third-order valence-electron chi connectivity index (χ3n) is 2.38. The van der Waals surface area contributed by atoms with Gasteiger partial charge in [0.05, 0.1) is 17.7 Å². The van der Waals surface area contributed by atoms with Crippen LogP contribution in [0.25, 0.3) is 0 Å². The van der Waals surface area contributed by atoms with Gasteiger partial charge in [0.15, 0.2) is 0 Å². The third kappa shape index (κ3) is 3.44. The van der Waals surface area contributed by atoms with Gasteiger partial charge in [-0.1, -0.05) is 12.1 Å². The number of benzene rings is 1. The van der Waals surface area contributed by atoms with Crippen molar-refractivity contribution < 1.29 is 4.79 Å². The summed E-state index contributed by atoms with van der Waals surface area (Å²) in [4.78, 5) is 11.7. The highest BCUT2D eigenvalue weighted by atomic mass is 16.2. The molecule has 1 aromatic carbocycles. The molecule has 0 bridgehead atoms. The molecule has 4 heteroatoms. The fourth-order valence-corrected chi connectivity index (χ4v) is 1.34. The number of nitrogens with two attached hydrogens (primary N) is 1. The van der Waals surface area contributed by atoms with Crippen molar-refractivity contribution in [2.45, 2.75) is 19.4 Å². The van der Waals surface area contributed by atoms with Crippen molar-refractivity contribution >= 4 is 11.6 Å². The molecule has 1 rings (SSSR count). The first kappa shape index (κ1) is 12.9. The Morgan fingerprint density at radius 1 is 1.71 bits per heavy atom. The Bertz CT molecular complexity index is 474. The normalized spacial score (nSPS) is 11.4. The van der Waals surface area contributed by atoms with Crippen LogP contribution in [0.3, 0.4) is 0 Å². The van der Waals surface area contributed by atoms with Crippen LogP contribution >= 0.6 is 0 Å². The minimum absolute atomic E-state index is 0.275. The number of amides is 1. The van der Waals surface area contributed by atoms with Crippen molar-refractivity contribution in [3.63, 3.8) is 0 Å². The Balaban J connectivity index is 2.84. The Hall–Kier alpha value is -2.12. The molecular weight excluding hydrogens is 214 g/mol. The summed E-state index contributed by atoms with van der Waals surface area (Å²) in [5.74, 6) is -0.275. The van der Waals surface area contributed by atoms with Crippen molar-refractivity contribution in [2.24, 2.45) is 5.73 Å². The minimum atomic E-state index is -0.613. The molecule has 1 amide bonds. The lowest BCUT2D eigenvalue weighted by Gasteiger charge is -2.12.